The Morgan fingerprint density at radius 2 is 2.33 bits per heavy atom. The van der Waals surface area contributed by atoms with E-state index >= 15 is 0 Å². The molecule has 1 aromatic heterocycles. The average molecular weight is 310 g/mol. The number of anilines is 1. The number of nitrogens with zero attached hydrogens (tertiary/aromatic N) is 2. The summed E-state index contributed by atoms with van der Waals surface area (Å²) in [5, 5.41) is 0.885. The Balaban J connectivity index is 2.21. The van der Waals surface area contributed by atoms with Gasteiger partial charge < -0.3 is 4.90 Å². The van der Waals surface area contributed by atoms with Crippen LogP contribution in [-0.2, 0) is 0 Å². The summed E-state index contributed by atoms with van der Waals surface area (Å²) in [7, 11) is 0. The van der Waals surface area contributed by atoms with Crippen LogP contribution < -0.4 is 4.90 Å². The normalized spacial score (nSPS) is 21.8. The minimum absolute atomic E-state index is 0.209. The topological polar surface area (TPSA) is 16.1 Å². The summed E-state index contributed by atoms with van der Waals surface area (Å²) in [6, 6.07) is 1.86. The van der Waals surface area contributed by atoms with E-state index in [9.17, 15) is 0 Å². The van der Waals surface area contributed by atoms with Crippen LogP contribution in [0.25, 0.3) is 0 Å². The molecule has 2 rings (SSSR count). The Kier molecular flexibility index (Phi) is 3.75. The van der Waals surface area contributed by atoms with E-state index in [0.29, 0.717) is 5.02 Å². The van der Waals surface area contributed by atoms with Crippen molar-refractivity contribution in [1.29, 1.82) is 0 Å². The van der Waals surface area contributed by atoms with Gasteiger partial charge in [-0.1, -0.05) is 11.6 Å². The number of aromatic nitrogens is 1. The first kappa shape index (κ1) is 11.5. The Morgan fingerprint density at radius 3 is 3.00 bits per heavy atom. The molecule has 2 heterocycles. The zero-order valence-corrected chi connectivity index (χ0v) is 11.2. The van der Waals surface area contributed by atoms with E-state index < -0.39 is 0 Å². The number of rotatable bonds is 1. The van der Waals surface area contributed by atoms with Crippen molar-refractivity contribution in [2.24, 2.45) is 0 Å². The fraction of sp³-hybridized carbons (Fsp3) is 0.500. The van der Waals surface area contributed by atoms with Gasteiger partial charge in [-0.3, -0.25) is 0 Å². The largest absolute Gasteiger partial charge is 0.354 e. The lowest BCUT2D eigenvalue weighted by molar-refractivity contribution is 0.580. The second kappa shape index (κ2) is 4.89. The maximum atomic E-state index is 6.13. The minimum Gasteiger partial charge on any atom is -0.354 e. The number of pyridine rings is 1. The molecular weight excluding hydrogens is 299 g/mol. The molecule has 82 valence electrons. The predicted molar refractivity (Wildman–Crippen MR) is 68.0 cm³/mol. The van der Waals surface area contributed by atoms with Crippen LogP contribution in [0.15, 0.2) is 16.7 Å². The molecule has 0 bridgehead atoms. The van der Waals surface area contributed by atoms with Crippen LogP contribution in [0.5, 0.6) is 0 Å². The Bertz CT molecular complexity index is 359. The van der Waals surface area contributed by atoms with Crippen molar-refractivity contribution in [2.45, 2.75) is 18.2 Å². The molecule has 0 aromatic carbocycles. The SMILES string of the molecule is Clc1cc(Br)cnc1N1CCCC(Cl)C1. The molecule has 0 radical (unpaired) electrons. The van der Waals surface area contributed by atoms with Crippen LogP contribution in [0.2, 0.25) is 5.02 Å². The second-order valence-corrected chi connectivity index (χ2v) is 5.58. The van der Waals surface area contributed by atoms with Gasteiger partial charge in [-0.25, -0.2) is 4.98 Å². The molecule has 1 atom stereocenters. The Labute approximate surface area is 108 Å². The molecular formula is C10H11BrCl2N2. The lowest BCUT2D eigenvalue weighted by Crippen LogP contribution is -2.36. The molecule has 0 spiro atoms. The van der Waals surface area contributed by atoms with Crippen LogP contribution in [0.3, 0.4) is 0 Å². The van der Waals surface area contributed by atoms with E-state index in [2.05, 4.69) is 25.8 Å². The van der Waals surface area contributed by atoms with Crippen molar-refractivity contribution in [1.82, 2.24) is 4.98 Å². The lowest BCUT2D eigenvalue weighted by Gasteiger charge is -2.31. The van der Waals surface area contributed by atoms with Crippen LogP contribution in [0.4, 0.5) is 5.82 Å². The first-order valence-electron chi connectivity index (χ1n) is 4.87. The zero-order chi connectivity index (χ0) is 10.8. The molecule has 1 saturated heterocycles. The van der Waals surface area contributed by atoms with Crippen molar-refractivity contribution < 1.29 is 0 Å². The van der Waals surface area contributed by atoms with E-state index in [0.717, 1.165) is 36.2 Å². The molecule has 0 amide bonds. The fourth-order valence-corrected chi connectivity index (χ4v) is 2.83. The van der Waals surface area contributed by atoms with Gasteiger partial charge >= 0.3 is 0 Å². The van der Waals surface area contributed by atoms with Crippen molar-refractivity contribution >= 4 is 44.9 Å². The lowest BCUT2D eigenvalue weighted by atomic mass is 10.1. The number of hydrogen-bond donors (Lipinski definition) is 0. The number of halogens is 3. The monoisotopic (exact) mass is 308 g/mol. The molecule has 2 nitrogen and oxygen atoms in total. The highest BCUT2D eigenvalue weighted by atomic mass is 79.9. The van der Waals surface area contributed by atoms with E-state index in [1.54, 1.807) is 6.20 Å². The highest BCUT2D eigenvalue weighted by molar-refractivity contribution is 9.10. The van der Waals surface area contributed by atoms with E-state index in [1.807, 2.05) is 6.07 Å². The summed E-state index contributed by atoms with van der Waals surface area (Å²) < 4.78 is 0.899. The molecule has 1 aromatic rings. The van der Waals surface area contributed by atoms with Gasteiger partial charge in [0.25, 0.3) is 0 Å². The summed E-state index contributed by atoms with van der Waals surface area (Å²) in [4.78, 5) is 6.47. The number of piperidine rings is 1. The maximum absolute atomic E-state index is 6.13. The molecule has 5 heteroatoms. The molecule has 0 aliphatic carbocycles. The summed E-state index contributed by atoms with van der Waals surface area (Å²) in [5.41, 5.74) is 0. The van der Waals surface area contributed by atoms with E-state index in [1.165, 1.54) is 0 Å². The van der Waals surface area contributed by atoms with Gasteiger partial charge in [-0.2, -0.15) is 0 Å². The van der Waals surface area contributed by atoms with Gasteiger partial charge in [0.15, 0.2) is 0 Å². The van der Waals surface area contributed by atoms with Gasteiger partial charge in [-0.15, -0.1) is 11.6 Å². The van der Waals surface area contributed by atoms with Gasteiger partial charge in [0.1, 0.15) is 5.82 Å². The Morgan fingerprint density at radius 1 is 1.53 bits per heavy atom. The number of alkyl halides is 1. The van der Waals surface area contributed by atoms with Crippen LogP contribution in [0, 0.1) is 0 Å². The third-order valence-electron chi connectivity index (χ3n) is 2.45. The average Bonchev–Trinajstić information content (AvgIpc) is 2.17. The smallest absolute Gasteiger partial charge is 0.147 e. The van der Waals surface area contributed by atoms with E-state index in [4.69, 9.17) is 23.2 Å². The summed E-state index contributed by atoms with van der Waals surface area (Å²) in [6.07, 6.45) is 3.94. The third-order valence-corrected chi connectivity index (χ3v) is 3.52. The molecule has 1 fully saturated rings. The second-order valence-electron chi connectivity index (χ2n) is 3.64. The van der Waals surface area contributed by atoms with Gasteiger partial charge in [0, 0.05) is 23.8 Å². The van der Waals surface area contributed by atoms with Crippen LogP contribution >= 0.6 is 39.1 Å². The van der Waals surface area contributed by atoms with Gasteiger partial charge in [-0.05, 0) is 34.8 Å². The molecule has 0 saturated carbocycles. The zero-order valence-electron chi connectivity index (χ0n) is 8.09. The van der Waals surface area contributed by atoms with Crippen molar-refractivity contribution in [3.8, 4) is 0 Å². The molecule has 1 unspecified atom stereocenters. The molecule has 15 heavy (non-hydrogen) atoms. The third kappa shape index (κ3) is 2.77. The molecule has 1 aliphatic rings. The first-order valence-corrected chi connectivity index (χ1v) is 6.47. The standard InChI is InChI=1S/C10H11BrCl2N2/c11-7-4-9(13)10(14-5-7)15-3-1-2-8(12)6-15/h4-5,8H,1-3,6H2. The molecule has 1 aliphatic heterocycles. The number of hydrogen-bond acceptors (Lipinski definition) is 2. The van der Waals surface area contributed by atoms with E-state index in [-0.39, 0.29) is 5.38 Å². The summed E-state index contributed by atoms with van der Waals surface area (Å²) in [6.45, 7) is 1.81. The van der Waals surface area contributed by atoms with Crippen LogP contribution in [0.1, 0.15) is 12.8 Å². The van der Waals surface area contributed by atoms with Crippen molar-refractivity contribution in [3.63, 3.8) is 0 Å². The summed E-state index contributed by atoms with van der Waals surface area (Å²) in [5.74, 6) is 0.838. The Hall–Kier alpha value is 0.01000. The fourth-order valence-electron chi connectivity index (χ4n) is 1.76. The first-order chi connectivity index (χ1) is 7.16. The van der Waals surface area contributed by atoms with Crippen molar-refractivity contribution in [2.75, 3.05) is 18.0 Å². The van der Waals surface area contributed by atoms with Gasteiger partial charge in [0.05, 0.1) is 10.4 Å². The van der Waals surface area contributed by atoms with Gasteiger partial charge in [0.2, 0.25) is 0 Å². The minimum atomic E-state index is 0.209. The van der Waals surface area contributed by atoms with Crippen LogP contribution in [-0.4, -0.2) is 23.5 Å². The van der Waals surface area contributed by atoms with Crippen molar-refractivity contribution in [3.05, 3.63) is 21.8 Å². The quantitative estimate of drug-likeness (QED) is 0.735. The molecule has 0 N–H and O–H groups in total. The highest BCUT2D eigenvalue weighted by Gasteiger charge is 2.20. The predicted octanol–water partition coefficient (Wildman–Crippen LogP) is 3.71. The highest BCUT2D eigenvalue weighted by Crippen LogP contribution is 2.29. The maximum Gasteiger partial charge on any atom is 0.147 e. The summed E-state index contributed by atoms with van der Waals surface area (Å²) >= 11 is 15.6.